The highest BCUT2D eigenvalue weighted by Gasteiger charge is 2.35. The summed E-state index contributed by atoms with van der Waals surface area (Å²) in [5.74, 6) is -3.17. The number of H-pyrrole nitrogens is 1. The zero-order chi connectivity index (χ0) is 20.0. The lowest BCUT2D eigenvalue weighted by atomic mass is 9.93. The van der Waals surface area contributed by atoms with Crippen LogP contribution in [-0.2, 0) is 20.7 Å². The highest BCUT2D eigenvalue weighted by Crippen LogP contribution is 2.41. The van der Waals surface area contributed by atoms with Gasteiger partial charge in [0, 0.05) is 18.6 Å². The summed E-state index contributed by atoms with van der Waals surface area (Å²) in [6.07, 6.45) is 0.952. The monoisotopic (exact) mass is 403 g/mol. The maximum atomic E-state index is 14.5. The highest BCUT2D eigenvalue weighted by atomic mass is 32.2. The fraction of sp³-hybridized carbons (Fsp3) is 0.500. The average Bonchev–Trinajstić information content (AvgIpc) is 3.11. The Morgan fingerprint density at radius 1 is 1.37 bits per heavy atom. The third-order valence-corrected chi connectivity index (χ3v) is 4.95. The molecule has 1 fully saturated rings. The molecule has 0 amide bonds. The molecule has 0 saturated carbocycles. The lowest BCUT2D eigenvalue weighted by molar-refractivity contribution is -0.0120. The second kappa shape index (κ2) is 6.71. The normalized spacial score (nSPS) is 18.1. The Morgan fingerprint density at radius 2 is 2.07 bits per heavy atom. The van der Waals surface area contributed by atoms with E-state index >= 15 is 0 Å². The molecule has 11 heteroatoms. The van der Waals surface area contributed by atoms with E-state index in [0.29, 0.717) is 24.1 Å². The summed E-state index contributed by atoms with van der Waals surface area (Å²) in [7, 11) is -3.90. The van der Waals surface area contributed by atoms with Crippen molar-refractivity contribution in [3.8, 4) is 0 Å². The summed E-state index contributed by atoms with van der Waals surface area (Å²) < 4.78 is 57.6. The summed E-state index contributed by atoms with van der Waals surface area (Å²) in [5.41, 5.74) is -2.27. The quantitative estimate of drug-likeness (QED) is 0.787. The Kier molecular flexibility index (Phi) is 4.85. The second-order valence-electron chi connectivity index (χ2n) is 6.48. The van der Waals surface area contributed by atoms with Gasteiger partial charge in [-0.3, -0.25) is 4.79 Å². The number of benzene rings is 1. The number of rotatable bonds is 5. The molecular weight excluding hydrogens is 384 g/mol. The van der Waals surface area contributed by atoms with Crippen LogP contribution < -0.4 is 16.1 Å². The van der Waals surface area contributed by atoms with E-state index in [-0.39, 0.29) is 22.0 Å². The number of nitrogens with one attached hydrogen (secondary N) is 2. The molecule has 1 atom stereocenters. The van der Waals surface area contributed by atoms with Crippen molar-refractivity contribution in [3.63, 3.8) is 0 Å². The van der Waals surface area contributed by atoms with Gasteiger partial charge in [0.1, 0.15) is 0 Å². The number of hydrogen-bond acceptors (Lipinski definition) is 5. The van der Waals surface area contributed by atoms with Gasteiger partial charge >= 0.3 is 5.69 Å². The molecule has 1 aromatic carbocycles. The van der Waals surface area contributed by atoms with Crippen LogP contribution >= 0.6 is 0 Å². The predicted octanol–water partition coefficient (Wildman–Crippen LogP) is 1.55. The van der Waals surface area contributed by atoms with Gasteiger partial charge in [0.05, 0.1) is 23.3 Å². The highest BCUT2D eigenvalue weighted by molar-refractivity contribution is 7.91. The van der Waals surface area contributed by atoms with Gasteiger partial charge in [-0.05, 0) is 30.5 Å². The summed E-state index contributed by atoms with van der Waals surface area (Å²) in [6, 6.07) is 2.33. The molecule has 1 aliphatic heterocycles. The SMILES string of the molecule is CCC(F)(F)c1cc2[nH]c(=O)n(NS(C)(=O)=O)c(=O)c2cc1C1CCCO1. The summed E-state index contributed by atoms with van der Waals surface area (Å²) >= 11 is 0. The van der Waals surface area contributed by atoms with Gasteiger partial charge in [-0.25, -0.2) is 26.8 Å². The number of alkyl halides is 2. The Balaban J connectivity index is 2.32. The number of nitrogens with zero attached hydrogens (tertiary/aromatic N) is 1. The Hall–Kier alpha value is -2.27. The molecule has 1 aliphatic rings. The van der Waals surface area contributed by atoms with Crippen molar-refractivity contribution >= 4 is 20.9 Å². The van der Waals surface area contributed by atoms with E-state index in [1.807, 2.05) is 4.83 Å². The Bertz CT molecular complexity index is 1100. The standard InChI is InChI=1S/C16H19F2N3O5S/c1-3-16(17,18)11-8-12-10(7-9(11)13-5-4-6-26-13)14(22)21(15(23)19-12)20-27(2,24)25/h7-8,13,20H,3-6H2,1-2H3,(H,19,23). The average molecular weight is 403 g/mol. The van der Waals surface area contributed by atoms with Crippen molar-refractivity contribution in [2.75, 3.05) is 17.7 Å². The van der Waals surface area contributed by atoms with Crippen LogP contribution in [0.3, 0.4) is 0 Å². The van der Waals surface area contributed by atoms with Crippen LogP contribution in [0.4, 0.5) is 8.78 Å². The zero-order valence-electron chi connectivity index (χ0n) is 14.7. The van der Waals surface area contributed by atoms with Gasteiger partial charge in [-0.2, -0.15) is 4.68 Å². The molecule has 27 heavy (non-hydrogen) atoms. The minimum atomic E-state index is -3.90. The lowest BCUT2D eigenvalue weighted by Crippen LogP contribution is -2.43. The molecule has 1 unspecified atom stereocenters. The predicted molar refractivity (Wildman–Crippen MR) is 95.1 cm³/mol. The molecule has 1 saturated heterocycles. The number of hydrogen-bond donors (Lipinski definition) is 2. The van der Waals surface area contributed by atoms with Gasteiger partial charge in [0.25, 0.3) is 11.5 Å². The van der Waals surface area contributed by atoms with Crippen LogP contribution in [0.15, 0.2) is 21.7 Å². The number of aromatic nitrogens is 2. The summed E-state index contributed by atoms with van der Waals surface area (Å²) in [4.78, 5) is 28.8. The second-order valence-corrected chi connectivity index (χ2v) is 8.21. The van der Waals surface area contributed by atoms with E-state index in [1.165, 1.54) is 13.0 Å². The molecule has 2 aromatic rings. The molecule has 0 radical (unpaired) electrons. The molecule has 1 aromatic heterocycles. The van der Waals surface area contributed by atoms with Gasteiger partial charge in [0.15, 0.2) is 0 Å². The maximum Gasteiger partial charge on any atom is 0.348 e. The molecule has 2 heterocycles. The van der Waals surface area contributed by atoms with Crippen molar-refractivity contribution in [1.82, 2.24) is 9.66 Å². The maximum absolute atomic E-state index is 14.5. The first-order chi connectivity index (χ1) is 12.5. The molecule has 0 bridgehead atoms. The Morgan fingerprint density at radius 3 is 2.63 bits per heavy atom. The van der Waals surface area contributed by atoms with Crippen LogP contribution in [0.2, 0.25) is 0 Å². The number of fused-ring (bicyclic) bond motifs is 1. The van der Waals surface area contributed by atoms with E-state index < -0.39 is 39.7 Å². The Labute approximate surface area is 153 Å². The molecule has 0 spiro atoms. The number of aromatic amines is 1. The first-order valence-electron chi connectivity index (χ1n) is 8.34. The zero-order valence-corrected chi connectivity index (χ0v) is 15.5. The van der Waals surface area contributed by atoms with Crippen molar-refractivity contribution in [2.45, 2.75) is 38.2 Å². The molecule has 148 valence electrons. The molecule has 3 rings (SSSR count). The fourth-order valence-corrected chi connectivity index (χ4v) is 3.62. The van der Waals surface area contributed by atoms with Gasteiger partial charge in [-0.15, -0.1) is 0 Å². The molecular formula is C16H19F2N3O5S. The van der Waals surface area contributed by atoms with E-state index in [9.17, 15) is 26.8 Å². The third-order valence-electron chi connectivity index (χ3n) is 4.44. The van der Waals surface area contributed by atoms with Crippen LogP contribution in [0.1, 0.15) is 43.4 Å². The minimum Gasteiger partial charge on any atom is -0.374 e. The van der Waals surface area contributed by atoms with E-state index in [4.69, 9.17) is 4.74 Å². The van der Waals surface area contributed by atoms with Crippen LogP contribution in [-0.4, -0.2) is 30.9 Å². The van der Waals surface area contributed by atoms with E-state index in [0.717, 1.165) is 12.3 Å². The molecule has 0 aliphatic carbocycles. The van der Waals surface area contributed by atoms with Crippen molar-refractivity contribution < 1.29 is 21.9 Å². The van der Waals surface area contributed by atoms with Gasteiger partial charge in [0.2, 0.25) is 10.0 Å². The van der Waals surface area contributed by atoms with Crippen molar-refractivity contribution in [2.24, 2.45) is 0 Å². The smallest absolute Gasteiger partial charge is 0.348 e. The van der Waals surface area contributed by atoms with E-state index in [2.05, 4.69) is 4.98 Å². The van der Waals surface area contributed by atoms with Gasteiger partial charge < -0.3 is 9.72 Å². The van der Waals surface area contributed by atoms with Crippen LogP contribution in [0.5, 0.6) is 0 Å². The molecule has 2 N–H and O–H groups in total. The lowest BCUT2D eigenvalue weighted by Gasteiger charge is -2.22. The minimum absolute atomic E-state index is 0.0908. The first-order valence-corrected chi connectivity index (χ1v) is 10.2. The molecule has 8 nitrogen and oxygen atoms in total. The van der Waals surface area contributed by atoms with Crippen LogP contribution in [0.25, 0.3) is 10.9 Å². The number of halogens is 2. The summed E-state index contributed by atoms with van der Waals surface area (Å²) in [5, 5.41) is -0.0908. The summed E-state index contributed by atoms with van der Waals surface area (Å²) in [6.45, 7) is 1.76. The first kappa shape index (κ1) is 19.5. The topological polar surface area (TPSA) is 110 Å². The van der Waals surface area contributed by atoms with Crippen molar-refractivity contribution in [3.05, 3.63) is 44.1 Å². The number of sulfonamides is 1. The van der Waals surface area contributed by atoms with E-state index in [1.54, 1.807) is 0 Å². The van der Waals surface area contributed by atoms with Gasteiger partial charge in [-0.1, -0.05) is 6.92 Å². The fourth-order valence-electron chi connectivity index (χ4n) is 3.13. The van der Waals surface area contributed by atoms with Crippen molar-refractivity contribution in [1.29, 1.82) is 0 Å². The van der Waals surface area contributed by atoms with Crippen LogP contribution in [0, 0.1) is 0 Å². The number of ether oxygens (including phenoxy) is 1. The largest absolute Gasteiger partial charge is 0.374 e. The third kappa shape index (κ3) is 3.74.